The maximum atomic E-state index is 9.47. The van der Waals surface area contributed by atoms with Crippen molar-refractivity contribution in [2.45, 2.75) is 39.0 Å². The van der Waals surface area contributed by atoms with Gasteiger partial charge in [-0.25, -0.2) is 0 Å². The van der Waals surface area contributed by atoms with Crippen molar-refractivity contribution >= 4 is 51.4 Å². The van der Waals surface area contributed by atoms with Gasteiger partial charge in [-0.15, -0.1) is 0 Å². The van der Waals surface area contributed by atoms with E-state index in [0.29, 0.717) is 5.75 Å². The molecule has 0 amide bonds. The van der Waals surface area contributed by atoms with Crippen LogP contribution in [0, 0.1) is 0 Å². The fourth-order valence-corrected chi connectivity index (χ4v) is 1.46. The van der Waals surface area contributed by atoms with Gasteiger partial charge >= 0.3 is 51.4 Å². The monoisotopic (exact) mass is 218 g/mol. The molecule has 1 nitrogen and oxygen atoms in total. The number of unbranched alkanes of at least 4 members (excludes halogenated alkanes) is 3. The van der Waals surface area contributed by atoms with Crippen molar-refractivity contribution in [2.24, 2.45) is 0 Å². The maximum absolute atomic E-state index is 9.47. The standard InChI is InChI=1S/C12H18O.K.H/c1-2-3-4-5-8-11-9-6-7-10-12(11)13;;/h6-7,9-10,13H,2-5,8H2,1H3;;. The molecule has 0 radical (unpaired) electrons. The third-order valence-corrected chi connectivity index (χ3v) is 2.29. The first kappa shape index (κ1) is 14.7. The normalized spacial score (nSPS) is 9.50. The molecule has 0 saturated heterocycles. The van der Waals surface area contributed by atoms with Gasteiger partial charge in [0.2, 0.25) is 0 Å². The number of aryl methyl sites for hydroxylation is 1. The molecule has 0 unspecified atom stereocenters. The minimum absolute atomic E-state index is 0. The van der Waals surface area contributed by atoms with Gasteiger partial charge in [-0.05, 0) is 24.5 Å². The predicted octanol–water partition coefficient (Wildman–Crippen LogP) is 2.87. The molecule has 0 aromatic heterocycles. The molecular weight excluding hydrogens is 199 g/mol. The summed E-state index contributed by atoms with van der Waals surface area (Å²) in [7, 11) is 0. The summed E-state index contributed by atoms with van der Waals surface area (Å²) >= 11 is 0. The third kappa shape index (κ3) is 5.52. The Bertz CT molecular complexity index is 248. The second-order valence-electron chi connectivity index (χ2n) is 3.44. The van der Waals surface area contributed by atoms with Crippen LogP contribution in [0.5, 0.6) is 5.75 Å². The Kier molecular flexibility index (Phi) is 9.34. The summed E-state index contributed by atoms with van der Waals surface area (Å²) in [5, 5.41) is 9.47. The second kappa shape index (κ2) is 8.92. The number of rotatable bonds is 5. The fourth-order valence-electron chi connectivity index (χ4n) is 1.46. The molecule has 74 valence electrons. The molecule has 1 aromatic rings. The third-order valence-electron chi connectivity index (χ3n) is 2.29. The fraction of sp³-hybridized carbons (Fsp3) is 0.500. The zero-order valence-electron chi connectivity index (χ0n) is 8.29. The van der Waals surface area contributed by atoms with Gasteiger partial charge in [0.15, 0.2) is 0 Å². The molecule has 14 heavy (non-hydrogen) atoms. The molecule has 1 aromatic carbocycles. The van der Waals surface area contributed by atoms with Crippen LogP contribution >= 0.6 is 0 Å². The van der Waals surface area contributed by atoms with E-state index in [4.69, 9.17) is 0 Å². The van der Waals surface area contributed by atoms with Gasteiger partial charge < -0.3 is 5.11 Å². The van der Waals surface area contributed by atoms with E-state index in [1.807, 2.05) is 18.2 Å². The molecule has 0 fully saturated rings. The van der Waals surface area contributed by atoms with Crippen LogP contribution in [0.2, 0.25) is 0 Å². The molecule has 0 atom stereocenters. The van der Waals surface area contributed by atoms with Crippen LogP contribution in [0.4, 0.5) is 0 Å². The van der Waals surface area contributed by atoms with Crippen molar-refractivity contribution in [1.82, 2.24) is 0 Å². The number of aromatic hydroxyl groups is 1. The topological polar surface area (TPSA) is 20.2 Å². The number of hydrogen-bond acceptors (Lipinski definition) is 1. The van der Waals surface area contributed by atoms with Crippen molar-refractivity contribution in [1.29, 1.82) is 0 Å². The summed E-state index contributed by atoms with van der Waals surface area (Å²) in [5.41, 5.74) is 1.08. The predicted molar refractivity (Wildman–Crippen MR) is 63.1 cm³/mol. The Hall–Kier alpha value is 0.656. The Morgan fingerprint density at radius 2 is 1.79 bits per heavy atom. The Labute approximate surface area is 129 Å². The van der Waals surface area contributed by atoms with Crippen molar-refractivity contribution in [3.8, 4) is 5.75 Å². The number of benzene rings is 1. The van der Waals surface area contributed by atoms with Gasteiger partial charge in [0.05, 0.1) is 0 Å². The second-order valence-corrected chi connectivity index (χ2v) is 3.44. The Morgan fingerprint density at radius 3 is 2.43 bits per heavy atom. The summed E-state index contributed by atoms with van der Waals surface area (Å²) in [6, 6.07) is 7.61. The van der Waals surface area contributed by atoms with Gasteiger partial charge in [0, 0.05) is 0 Å². The summed E-state index contributed by atoms with van der Waals surface area (Å²) in [6.07, 6.45) is 6.03. The molecule has 1 rings (SSSR count). The van der Waals surface area contributed by atoms with Gasteiger partial charge in [-0.3, -0.25) is 0 Å². The van der Waals surface area contributed by atoms with E-state index >= 15 is 0 Å². The van der Waals surface area contributed by atoms with Crippen LogP contribution in [-0.4, -0.2) is 56.5 Å². The van der Waals surface area contributed by atoms with E-state index in [-0.39, 0.29) is 51.4 Å². The average molecular weight is 218 g/mol. The molecular formula is C12H19KO. The quantitative estimate of drug-likeness (QED) is 0.595. The first-order valence-corrected chi connectivity index (χ1v) is 5.11. The zero-order chi connectivity index (χ0) is 9.52. The van der Waals surface area contributed by atoms with E-state index in [2.05, 4.69) is 6.92 Å². The SMILES string of the molecule is CCCCCCc1ccccc1O.[KH]. The van der Waals surface area contributed by atoms with Crippen LogP contribution in [0.25, 0.3) is 0 Å². The van der Waals surface area contributed by atoms with E-state index in [0.717, 1.165) is 12.0 Å². The number of para-hydroxylation sites is 1. The molecule has 1 N–H and O–H groups in total. The van der Waals surface area contributed by atoms with Crippen molar-refractivity contribution in [3.63, 3.8) is 0 Å². The average Bonchev–Trinajstić information content (AvgIpc) is 2.15. The number of phenols is 1. The summed E-state index contributed by atoms with van der Waals surface area (Å²) in [4.78, 5) is 0. The van der Waals surface area contributed by atoms with Gasteiger partial charge in [-0.2, -0.15) is 0 Å². The number of hydrogen-bond donors (Lipinski definition) is 1. The Balaban J connectivity index is 0.00000169. The zero-order valence-corrected chi connectivity index (χ0v) is 8.29. The van der Waals surface area contributed by atoms with Gasteiger partial charge in [0.25, 0.3) is 0 Å². The van der Waals surface area contributed by atoms with Crippen LogP contribution in [0.1, 0.15) is 38.2 Å². The molecule has 0 aliphatic carbocycles. The molecule has 2 heteroatoms. The van der Waals surface area contributed by atoms with Crippen molar-refractivity contribution in [2.75, 3.05) is 0 Å². The first-order chi connectivity index (χ1) is 6.34. The van der Waals surface area contributed by atoms with Crippen LogP contribution in [0.3, 0.4) is 0 Å². The van der Waals surface area contributed by atoms with E-state index < -0.39 is 0 Å². The van der Waals surface area contributed by atoms with Crippen molar-refractivity contribution < 1.29 is 5.11 Å². The van der Waals surface area contributed by atoms with Crippen LogP contribution in [0.15, 0.2) is 24.3 Å². The number of phenolic OH excluding ortho intramolecular Hbond substituents is 1. The molecule has 0 aliphatic heterocycles. The van der Waals surface area contributed by atoms with E-state index in [1.54, 1.807) is 6.07 Å². The molecule has 0 bridgehead atoms. The summed E-state index contributed by atoms with van der Waals surface area (Å²) in [5.74, 6) is 0.444. The molecule has 0 saturated carbocycles. The Morgan fingerprint density at radius 1 is 1.07 bits per heavy atom. The minimum atomic E-state index is 0. The van der Waals surface area contributed by atoms with Crippen molar-refractivity contribution in [3.05, 3.63) is 29.8 Å². The van der Waals surface area contributed by atoms with Gasteiger partial charge in [-0.1, -0.05) is 44.4 Å². The van der Waals surface area contributed by atoms with Crippen LogP contribution < -0.4 is 0 Å². The van der Waals surface area contributed by atoms with E-state index in [9.17, 15) is 5.11 Å². The summed E-state index contributed by atoms with van der Waals surface area (Å²) < 4.78 is 0. The summed E-state index contributed by atoms with van der Waals surface area (Å²) in [6.45, 7) is 2.21. The van der Waals surface area contributed by atoms with Crippen LogP contribution in [-0.2, 0) is 6.42 Å². The van der Waals surface area contributed by atoms with Gasteiger partial charge in [0.1, 0.15) is 5.75 Å². The molecule has 0 heterocycles. The first-order valence-electron chi connectivity index (χ1n) is 5.11. The van der Waals surface area contributed by atoms with E-state index in [1.165, 1.54) is 25.7 Å². The molecule has 0 aliphatic rings. The molecule has 0 spiro atoms.